The average Bonchev–Trinajstić information content (AvgIpc) is 3.12. The van der Waals surface area contributed by atoms with Crippen LogP contribution in [0.1, 0.15) is 122 Å². The van der Waals surface area contributed by atoms with E-state index < -0.39 is 35.5 Å². The fraction of sp³-hybridized carbons (Fsp3) is 0.227. The largest absolute Gasteiger partial charge is 0.478 e. The standard InChI is InChI=1S/C44H40N2O9/c1-20(2)11-39(47)33-14-27-30(17-36(33)42(50)51)32-19-38(44(54)55)35(41(49)46-26-10-9-24-12-23(21(3)4)7-8-25(24)13-26)16-29(32)28-15-34(40(48)45-22(5)6)37(43(52)53)18-31(27)28/h7-10,12-22H,11H2,1-6H3,(H,45,48)(H,46,49)(H,50,51)(H,52,53)(H,54,55). The van der Waals surface area contributed by atoms with Gasteiger partial charge in [0.2, 0.25) is 0 Å². The summed E-state index contributed by atoms with van der Waals surface area (Å²) in [5.41, 5.74) is 0.00836. The van der Waals surface area contributed by atoms with E-state index in [1.54, 1.807) is 26.0 Å². The van der Waals surface area contributed by atoms with Crippen LogP contribution < -0.4 is 10.6 Å². The lowest BCUT2D eigenvalue weighted by molar-refractivity contribution is 0.0683. The molecule has 11 heteroatoms. The molecule has 0 aromatic heterocycles. The molecule has 11 nitrogen and oxygen atoms in total. The van der Waals surface area contributed by atoms with Crippen LogP contribution in [0.5, 0.6) is 0 Å². The van der Waals surface area contributed by atoms with Crippen LogP contribution in [0.4, 0.5) is 5.69 Å². The van der Waals surface area contributed by atoms with Gasteiger partial charge in [-0.2, -0.15) is 0 Å². The van der Waals surface area contributed by atoms with Gasteiger partial charge >= 0.3 is 17.9 Å². The summed E-state index contributed by atoms with van der Waals surface area (Å²) in [6.45, 7) is 11.2. The summed E-state index contributed by atoms with van der Waals surface area (Å²) in [6, 6.07) is 19.0. The molecule has 0 saturated heterocycles. The lowest BCUT2D eigenvalue weighted by atomic mass is 9.86. The van der Waals surface area contributed by atoms with Gasteiger partial charge in [-0.25, -0.2) is 14.4 Å². The first-order chi connectivity index (χ1) is 25.9. The molecule has 0 saturated carbocycles. The van der Waals surface area contributed by atoms with Crippen LogP contribution in [0.15, 0.2) is 72.8 Å². The van der Waals surface area contributed by atoms with Crippen LogP contribution in [0, 0.1) is 5.92 Å². The molecule has 0 fully saturated rings. The molecule has 6 rings (SSSR count). The molecule has 0 spiro atoms. The molecule has 5 N–H and O–H groups in total. The van der Waals surface area contributed by atoms with Crippen molar-refractivity contribution in [3.8, 4) is 0 Å². The summed E-state index contributed by atoms with van der Waals surface area (Å²) >= 11 is 0. The molecular formula is C44H40N2O9. The third-order valence-corrected chi connectivity index (χ3v) is 9.63. The highest BCUT2D eigenvalue weighted by Crippen LogP contribution is 2.40. The number of hydrogen-bond donors (Lipinski definition) is 5. The second-order valence-electron chi connectivity index (χ2n) is 14.8. The van der Waals surface area contributed by atoms with E-state index in [0.29, 0.717) is 11.6 Å². The molecule has 6 aromatic carbocycles. The van der Waals surface area contributed by atoms with Crippen LogP contribution in [0.25, 0.3) is 43.1 Å². The number of hydrogen-bond acceptors (Lipinski definition) is 6. The Hall–Kier alpha value is -6.62. The minimum Gasteiger partial charge on any atom is -0.478 e. The zero-order valence-corrected chi connectivity index (χ0v) is 31.2. The number of ketones is 1. The highest BCUT2D eigenvalue weighted by molar-refractivity contribution is 6.30. The molecule has 0 unspecified atom stereocenters. The Kier molecular flexibility index (Phi) is 10.2. The molecule has 2 amide bonds. The molecule has 0 aliphatic rings. The number of anilines is 1. The van der Waals surface area contributed by atoms with Gasteiger partial charge in [-0.15, -0.1) is 0 Å². The Labute approximate surface area is 316 Å². The fourth-order valence-corrected chi connectivity index (χ4v) is 6.99. The first-order valence-electron chi connectivity index (χ1n) is 17.9. The Balaban J connectivity index is 1.67. The van der Waals surface area contributed by atoms with Crippen LogP contribution in [-0.4, -0.2) is 56.9 Å². The Morgan fingerprint density at radius 1 is 0.509 bits per heavy atom. The lowest BCUT2D eigenvalue weighted by Gasteiger charge is -2.18. The van der Waals surface area contributed by atoms with Gasteiger partial charge in [0.1, 0.15) is 0 Å². The smallest absolute Gasteiger partial charge is 0.336 e. The van der Waals surface area contributed by atoms with Gasteiger partial charge in [-0.1, -0.05) is 52.0 Å². The van der Waals surface area contributed by atoms with E-state index in [1.807, 2.05) is 32.0 Å². The summed E-state index contributed by atoms with van der Waals surface area (Å²) in [5, 5.41) is 39.8. The molecular weight excluding hydrogens is 700 g/mol. The second kappa shape index (κ2) is 14.7. The maximum Gasteiger partial charge on any atom is 0.336 e. The number of benzene rings is 6. The highest BCUT2D eigenvalue weighted by Gasteiger charge is 2.27. The van der Waals surface area contributed by atoms with Crippen molar-refractivity contribution in [3.05, 3.63) is 112 Å². The topological polar surface area (TPSA) is 187 Å². The molecule has 0 aliphatic heterocycles. The number of carboxylic acid groups (broad SMARTS) is 3. The van der Waals surface area contributed by atoms with E-state index in [9.17, 15) is 44.1 Å². The third kappa shape index (κ3) is 7.33. The van der Waals surface area contributed by atoms with Gasteiger partial charge in [0.05, 0.1) is 27.8 Å². The van der Waals surface area contributed by atoms with Gasteiger partial charge < -0.3 is 26.0 Å². The summed E-state index contributed by atoms with van der Waals surface area (Å²) in [4.78, 5) is 79.0. The minimum atomic E-state index is -1.43. The normalized spacial score (nSPS) is 11.6. The van der Waals surface area contributed by atoms with E-state index in [-0.39, 0.29) is 84.1 Å². The lowest BCUT2D eigenvalue weighted by Crippen LogP contribution is -2.31. The molecule has 280 valence electrons. The van der Waals surface area contributed by atoms with Crippen molar-refractivity contribution in [1.82, 2.24) is 5.32 Å². The Bertz CT molecular complexity index is 2660. The van der Waals surface area contributed by atoms with E-state index in [2.05, 4.69) is 30.5 Å². The maximum atomic E-state index is 14.0. The predicted octanol–water partition coefficient (Wildman–Crippen LogP) is 9.14. The molecule has 0 heterocycles. The first-order valence-corrected chi connectivity index (χ1v) is 17.9. The zero-order chi connectivity index (χ0) is 40.0. The monoisotopic (exact) mass is 740 g/mol. The van der Waals surface area contributed by atoms with Crippen molar-refractivity contribution in [2.24, 2.45) is 5.92 Å². The number of Topliss-reactive ketones (excluding diaryl/α,β-unsaturated/α-hetero) is 1. The van der Waals surface area contributed by atoms with E-state index in [1.165, 1.54) is 36.4 Å². The minimum absolute atomic E-state index is 0.0367. The average molecular weight is 741 g/mol. The number of nitrogens with one attached hydrogen (secondary N) is 2. The third-order valence-electron chi connectivity index (χ3n) is 9.63. The number of aromatic carboxylic acids is 3. The fourth-order valence-electron chi connectivity index (χ4n) is 6.99. The van der Waals surface area contributed by atoms with Gasteiger partial charge in [0.25, 0.3) is 11.8 Å². The number of carbonyl (C=O) groups is 6. The maximum absolute atomic E-state index is 14.0. The number of rotatable bonds is 11. The molecule has 0 aliphatic carbocycles. The Morgan fingerprint density at radius 3 is 1.38 bits per heavy atom. The number of carboxylic acids is 3. The molecule has 0 atom stereocenters. The SMILES string of the molecule is CC(C)CC(=O)c1cc2c(cc1C(=O)O)c1cc(C(=O)O)c(C(=O)Nc3ccc4cc(C(C)C)ccc4c3)cc1c1cc(C(=O)NC(C)C)c(C(=O)O)cc21. The van der Waals surface area contributed by atoms with Crippen molar-refractivity contribution < 1.29 is 44.1 Å². The van der Waals surface area contributed by atoms with Crippen molar-refractivity contribution >= 4 is 84.3 Å². The van der Waals surface area contributed by atoms with Crippen LogP contribution in [0.2, 0.25) is 0 Å². The first kappa shape index (κ1) is 38.1. The van der Waals surface area contributed by atoms with Crippen LogP contribution in [-0.2, 0) is 0 Å². The van der Waals surface area contributed by atoms with Crippen molar-refractivity contribution in [1.29, 1.82) is 0 Å². The second-order valence-corrected chi connectivity index (χ2v) is 14.8. The molecule has 55 heavy (non-hydrogen) atoms. The number of carbonyl (C=O) groups excluding carboxylic acids is 3. The molecule has 0 radical (unpaired) electrons. The quantitative estimate of drug-likeness (QED) is 0.0638. The van der Waals surface area contributed by atoms with Crippen molar-refractivity contribution in [2.45, 2.75) is 59.9 Å². The molecule has 0 bridgehead atoms. The van der Waals surface area contributed by atoms with Crippen LogP contribution in [0.3, 0.4) is 0 Å². The van der Waals surface area contributed by atoms with Gasteiger partial charge in [0.15, 0.2) is 5.78 Å². The van der Waals surface area contributed by atoms with Crippen molar-refractivity contribution in [2.75, 3.05) is 5.32 Å². The van der Waals surface area contributed by atoms with E-state index >= 15 is 0 Å². The number of fused-ring (bicyclic) bond motifs is 7. The zero-order valence-electron chi connectivity index (χ0n) is 31.2. The highest BCUT2D eigenvalue weighted by atomic mass is 16.4. The number of amides is 2. The summed E-state index contributed by atoms with van der Waals surface area (Å²) in [7, 11) is 0. The van der Waals surface area contributed by atoms with Crippen molar-refractivity contribution in [3.63, 3.8) is 0 Å². The van der Waals surface area contributed by atoms with E-state index in [0.717, 1.165) is 16.3 Å². The Morgan fingerprint density at radius 2 is 0.927 bits per heavy atom. The predicted molar refractivity (Wildman–Crippen MR) is 212 cm³/mol. The van der Waals surface area contributed by atoms with Crippen LogP contribution >= 0.6 is 0 Å². The summed E-state index contributed by atoms with van der Waals surface area (Å²) in [6.07, 6.45) is 0.0367. The van der Waals surface area contributed by atoms with Gasteiger partial charge in [-0.3, -0.25) is 14.4 Å². The van der Waals surface area contributed by atoms with Gasteiger partial charge in [-0.05, 0) is 123 Å². The summed E-state index contributed by atoms with van der Waals surface area (Å²) < 4.78 is 0. The van der Waals surface area contributed by atoms with E-state index in [4.69, 9.17) is 0 Å². The molecule has 6 aromatic rings. The summed E-state index contributed by atoms with van der Waals surface area (Å²) in [5.74, 6) is -5.87. The van der Waals surface area contributed by atoms with Gasteiger partial charge in [0, 0.05) is 23.7 Å².